The smallest absolute Gasteiger partial charge is 0.234 e. The van der Waals surface area contributed by atoms with Crippen LogP contribution in [0.2, 0.25) is 0 Å². The fourth-order valence-electron chi connectivity index (χ4n) is 0.691. The van der Waals surface area contributed by atoms with E-state index in [0.717, 1.165) is 6.44 Å². The summed E-state index contributed by atoms with van der Waals surface area (Å²) >= 11 is 0. The molecule has 4 nitrogen and oxygen atoms in total. The maximum absolute atomic E-state index is 11.1. The molecule has 0 radical (unpaired) electrons. The molecular formula is C8H17BN2O2. The molecule has 0 atom stereocenters. The molecule has 13 heavy (non-hydrogen) atoms. The summed E-state index contributed by atoms with van der Waals surface area (Å²) in [5, 5.41) is 5.43. The van der Waals surface area contributed by atoms with E-state index in [4.69, 9.17) is 0 Å². The molecule has 5 heteroatoms. The first-order chi connectivity index (χ1) is 6.07. The molecule has 0 aromatic heterocycles. The molecule has 0 fully saturated rings. The highest BCUT2D eigenvalue weighted by Crippen LogP contribution is 1.91. The van der Waals surface area contributed by atoms with Crippen LogP contribution in [0.4, 0.5) is 0 Å². The van der Waals surface area contributed by atoms with Crippen LogP contribution in [0, 0.1) is 5.92 Å². The molecule has 0 aliphatic heterocycles. The molecule has 0 aromatic rings. The Hall–Kier alpha value is -0.835. The highest BCUT2D eigenvalue weighted by molar-refractivity contribution is 6.08. The van der Waals surface area contributed by atoms with E-state index in [9.17, 15) is 9.59 Å². The predicted molar refractivity (Wildman–Crippen MR) is 54.3 cm³/mol. The van der Waals surface area contributed by atoms with Crippen molar-refractivity contribution in [1.29, 1.82) is 0 Å². The third-order valence-corrected chi connectivity index (χ3v) is 1.64. The molecular weight excluding hydrogens is 167 g/mol. The Balaban J connectivity index is 3.52. The minimum atomic E-state index is -0.129. The lowest BCUT2D eigenvalue weighted by Gasteiger charge is -2.06. The highest BCUT2D eigenvalue weighted by Gasteiger charge is 2.08. The van der Waals surface area contributed by atoms with Gasteiger partial charge >= 0.3 is 0 Å². The van der Waals surface area contributed by atoms with Gasteiger partial charge in [-0.1, -0.05) is 13.8 Å². The molecule has 0 heterocycles. The minimum absolute atomic E-state index is 0.0144. The number of rotatable bonds is 6. The molecule has 0 aliphatic carbocycles. The van der Waals surface area contributed by atoms with Gasteiger partial charge in [-0.3, -0.25) is 9.59 Å². The Labute approximate surface area is 79.9 Å². The standard InChI is InChI=1S/C8H17BN2O2/c1-6(2)7(12)3-11-8(13)4-10-5-9/h6,10H,3-5,9H2,1-2H3,(H,11,13). The van der Waals surface area contributed by atoms with Crippen molar-refractivity contribution >= 4 is 19.5 Å². The summed E-state index contributed by atoms with van der Waals surface area (Å²) in [5.41, 5.74) is 0. The molecule has 0 unspecified atom stereocenters. The van der Waals surface area contributed by atoms with Crippen molar-refractivity contribution in [2.45, 2.75) is 13.8 Å². The number of hydrogen-bond acceptors (Lipinski definition) is 3. The highest BCUT2D eigenvalue weighted by atomic mass is 16.2. The Morgan fingerprint density at radius 3 is 2.38 bits per heavy atom. The van der Waals surface area contributed by atoms with E-state index in [2.05, 4.69) is 10.6 Å². The lowest BCUT2D eigenvalue weighted by atomic mass is 10.1. The number of ketones is 1. The van der Waals surface area contributed by atoms with Gasteiger partial charge in [0.25, 0.3) is 0 Å². The van der Waals surface area contributed by atoms with Crippen LogP contribution in [-0.4, -0.2) is 39.1 Å². The molecule has 0 rings (SSSR count). The third kappa shape index (κ3) is 6.34. The molecule has 74 valence electrons. The van der Waals surface area contributed by atoms with Crippen LogP contribution >= 0.6 is 0 Å². The van der Waals surface area contributed by atoms with E-state index in [1.54, 1.807) is 0 Å². The van der Waals surface area contributed by atoms with Gasteiger partial charge in [0, 0.05) is 5.92 Å². The average Bonchev–Trinajstić information content (AvgIpc) is 2.10. The summed E-state index contributed by atoms with van der Waals surface area (Å²) in [6, 6.07) is 0. The van der Waals surface area contributed by atoms with Crippen LogP contribution in [0.1, 0.15) is 13.8 Å². The fraction of sp³-hybridized carbons (Fsp3) is 0.750. The van der Waals surface area contributed by atoms with Gasteiger partial charge in [-0.05, 0) is 6.44 Å². The Bertz CT molecular complexity index is 183. The number of hydrogen-bond donors (Lipinski definition) is 2. The van der Waals surface area contributed by atoms with Crippen LogP contribution in [0.5, 0.6) is 0 Å². The lowest BCUT2D eigenvalue weighted by Crippen LogP contribution is -2.38. The first kappa shape index (κ1) is 12.2. The topological polar surface area (TPSA) is 58.2 Å². The van der Waals surface area contributed by atoms with Crippen molar-refractivity contribution in [2.24, 2.45) is 5.92 Å². The second-order valence-electron chi connectivity index (χ2n) is 3.18. The number of Topliss-reactive ketones (excluding diaryl/α,β-unsaturated/α-hetero) is 1. The van der Waals surface area contributed by atoms with E-state index in [1.807, 2.05) is 21.7 Å². The summed E-state index contributed by atoms with van der Waals surface area (Å²) in [7, 11) is 1.92. The summed E-state index contributed by atoms with van der Waals surface area (Å²) < 4.78 is 0. The van der Waals surface area contributed by atoms with Crippen molar-refractivity contribution in [2.75, 3.05) is 19.5 Å². The van der Waals surface area contributed by atoms with Crippen molar-refractivity contribution in [3.8, 4) is 0 Å². The quantitative estimate of drug-likeness (QED) is 0.494. The maximum atomic E-state index is 11.1. The molecule has 0 aromatic carbocycles. The van der Waals surface area contributed by atoms with Crippen LogP contribution in [0.25, 0.3) is 0 Å². The summed E-state index contributed by atoms with van der Waals surface area (Å²) in [6.07, 6.45) is 0.756. The van der Waals surface area contributed by atoms with Gasteiger partial charge in [0.15, 0.2) is 5.78 Å². The first-order valence-electron chi connectivity index (χ1n) is 4.58. The SMILES string of the molecule is BCNCC(=O)NCC(=O)C(C)C. The zero-order valence-corrected chi connectivity index (χ0v) is 8.52. The average molecular weight is 184 g/mol. The van der Waals surface area contributed by atoms with Crippen molar-refractivity contribution in [3.05, 3.63) is 0 Å². The molecule has 1 amide bonds. The summed E-state index contributed by atoms with van der Waals surface area (Å²) in [6.45, 7) is 4.06. The number of nitrogens with one attached hydrogen (secondary N) is 2. The van der Waals surface area contributed by atoms with E-state index in [1.165, 1.54) is 0 Å². The maximum Gasteiger partial charge on any atom is 0.234 e. The Kier molecular flexibility index (Phi) is 6.23. The molecule has 0 bridgehead atoms. The number of amides is 1. The van der Waals surface area contributed by atoms with Gasteiger partial charge in [-0.25, -0.2) is 0 Å². The second kappa shape index (κ2) is 6.66. The first-order valence-corrected chi connectivity index (χ1v) is 4.58. The molecule has 0 saturated carbocycles. The van der Waals surface area contributed by atoms with Gasteiger partial charge in [0.05, 0.1) is 13.1 Å². The Morgan fingerprint density at radius 1 is 1.31 bits per heavy atom. The number of carbonyl (C=O) groups excluding carboxylic acids is 2. The summed E-state index contributed by atoms with van der Waals surface area (Å²) in [5.74, 6) is -0.0832. The van der Waals surface area contributed by atoms with Gasteiger partial charge in [-0.2, -0.15) is 0 Å². The zero-order valence-electron chi connectivity index (χ0n) is 8.52. The van der Waals surface area contributed by atoms with E-state index in [0.29, 0.717) is 0 Å². The van der Waals surface area contributed by atoms with E-state index in [-0.39, 0.29) is 30.7 Å². The molecule has 2 N–H and O–H groups in total. The third-order valence-electron chi connectivity index (χ3n) is 1.64. The van der Waals surface area contributed by atoms with E-state index < -0.39 is 0 Å². The largest absolute Gasteiger partial charge is 0.348 e. The van der Waals surface area contributed by atoms with Crippen LogP contribution < -0.4 is 10.6 Å². The van der Waals surface area contributed by atoms with Crippen molar-refractivity contribution in [3.63, 3.8) is 0 Å². The Morgan fingerprint density at radius 2 is 1.92 bits per heavy atom. The monoisotopic (exact) mass is 184 g/mol. The van der Waals surface area contributed by atoms with Crippen molar-refractivity contribution < 1.29 is 9.59 Å². The normalized spacial score (nSPS) is 10.1. The van der Waals surface area contributed by atoms with Crippen LogP contribution in [0.3, 0.4) is 0 Å². The summed E-state index contributed by atoms with van der Waals surface area (Å²) in [4.78, 5) is 22.1. The van der Waals surface area contributed by atoms with E-state index >= 15 is 0 Å². The van der Waals surface area contributed by atoms with Crippen LogP contribution in [0.15, 0.2) is 0 Å². The van der Waals surface area contributed by atoms with Gasteiger partial charge in [0.2, 0.25) is 5.91 Å². The minimum Gasteiger partial charge on any atom is -0.348 e. The predicted octanol–water partition coefficient (Wildman–Crippen LogP) is -1.49. The number of carbonyl (C=O) groups is 2. The van der Waals surface area contributed by atoms with Gasteiger partial charge in [-0.15, -0.1) is 0 Å². The second-order valence-corrected chi connectivity index (χ2v) is 3.18. The van der Waals surface area contributed by atoms with Gasteiger partial charge in [0.1, 0.15) is 7.85 Å². The lowest BCUT2D eigenvalue weighted by molar-refractivity contribution is -0.126. The molecule has 0 spiro atoms. The molecule has 0 saturated heterocycles. The fourth-order valence-corrected chi connectivity index (χ4v) is 0.691. The van der Waals surface area contributed by atoms with Crippen molar-refractivity contribution in [1.82, 2.24) is 10.6 Å². The van der Waals surface area contributed by atoms with Crippen LogP contribution in [-0.2, 0) is 9.59 Å². The van der Waals surface area contributed by atoms with Gasteiger partial charge < -0.3 is 10.6 Å². The zero-order chi connectivity index (χ0) is 10.3. The molecule has 0 aliphatic rings.